The van der Waals surface area contributed by atoms with Crippen LogP contribution in [0.15, 0.2) is 17.3 Å². The standard InChI is InChI=1S/C8H11NOS/c10-7-9-5-4-8-3-1-2-6-11-8/h4-5,8H,1-3,6H2/b5-4-. The fourth-order valence-corrected chi connectivity index (χ4v) is 2.28. The van der Waals surface area contributed by atoms with Gasteiger partial charge in [0.05, 0.1) is 0 Å². The zero-order chi connectivity index (χ0) is 7.94. The fourth-order valence-electron chi connectivity index (χ4n) is 1.09. The van der Waals surface area contributed by atoms with E-state index in [2.05, 4.69) is 4.99 Å². The Kier molecular flexibility index (Phi) is 4.02. The number of hydrogen-bond acceptors (Lipinski definition) is 3. The Hall–Kier alpha value is -0.530. The third-order valence-corrected chi connectivity index (χ3v) is 2.99. The Balaban J connectivity index is 2.28. The molecule has 1 rings (SSSR count). The number of rotatable bonds is 2. The molecule has 1 unspecified atom stereocenters. The van der Waals surface area contributed by atoms with Gasteiger partial charge < -0.3 is 0 Å². The van der Waals surface area contributed by atoms with Gasteiger partial charge in [0.1, 0.15) is 0 Å². The molecule has 0 aromatic carbocycles. The second kappa shape index (κ2) is 5.16. The third-order valence-electron chi connectivity index (χ3n) is 1.64. The highest BCUT2D eigenvalue weighted by Crippen LogP contribution is 2.25. The molecule has 1 atom stereocenters. The van der Waals surface area contributed by atoms with Gasteiger partial charge in [-0.3, -0.25) is 0 Å². The Bertz CT molecular complexity index is 179. The minimum absolute atomic E-state index is 0.570. The average molecular weight is 169 g/mol. The number of hydrogen-bond donors (Lipinski definition) is 0. The molecule has 0 N–H and O–H groups in total. The van der Waals surface area contributed by atoms with Gasteiger partial charge in [-0.05, 0) is 18.6 Å². The maximum atomic E-state index is 9.70. The topological polar surface area (TPSA) is 29.4 Å². The normalized spacial score (nSPS) is 24.9. The van der Waals surface area contributed by atoms with Gasteiger partial charge >= 0.3 is 0 Å². The molecule has 1 heterocycles. The van der Waals surface area contributed by atoms with Crippen LogP contribution in [-0.2, 0) is 4.79 Å². The smallest absolute Gasteiger partial charge is 0.211 e. The number of nitrogens with zero attached hydrogens (tertiary/aromatic N) is 1. The van der Waals surface area contributed by atoms with E-state index in [0.29, 0.717) is 5.25 Å². The molecule has 60 valence electrons. The molecule has 1 fully saturated rings. The number of carbonyl (C=O) groups excluding carboxylic acids is 1. The highest BCUT2D eigenvalue weighted by Gasteiger charge is 2.09. The summed E-state index contributed by atoms with van der Waals surface area (Å²) >= 11 is 1.94. The lowest BCUT2D eigenvalue weighted by Crippen LogP contribution is -2.05. The summed E-state index contributed by atoms with van der Waals surface area (Å²) < 4.78 is 0. The predicted octanol–water partition coefficient (Wildman–Crippen LogP) is 2.12. The Morgan fingerprint density at radius 1 is 1.55 bits per heavy atom. The van der Waals surface area contributed by atoms with Gasteiger partial charge in [-0.15, -0.1) is 0 Å². The van der Waals surface area contributed by atoms with Gasteiger partial charge in [0.15, 0.2) is 0 Å². The van der Waals surface area contributed by atoms with Crippen LogP contribution in [0.25, 0.3) is 0 Å². The predicted molar refractivity (Wildman–Crippen MR) is 47.4 cm³/mol. The molecule has 2 nitrogen and oxygen atoms in total. The Morgan fingerprint density at radius 2 is 2.45 bits per heavy atom. The van der Waals surface area contributed by atoms with Crippen molar-refractivity contribution in [2.45, 2.75) is 24.5 Å². The maximum Gasteiger partial charge on any atom is 0.239 e. The van der Waals surface area contributed by atoms with E-state index in [1.807, 2.05) is 17.8 Å². The van der Waals surface area contributed by atoms with Crippen LogP contribution in [0.3, 0.4) is 0 Å². The van der Waals surface area contributed by atoms with Crippen molar-refractivity contribution in [3.63, 3.8) is 0 Å². The maximum absolute atomic E-state index is 9.70. The third kappa shape index (κ3) is 3.40. The molecule has 3 heteroatoms. The summed E-state index contributed by atoms with van der Waals surface area (Å²) in [6.07, 6.45) is 8.86. The lowest BCUT2D eigenvalue weighted by Gasteiger charge is -2.16. The second-order valence-corrected chi connectivity index (χ2v) is 3.81. The van der Waals surface area contributed by atoms with E-state index in [9.17, 15) is 4.79 Å². The summed E-state index contributed by atoms with van der Waals surface area (Å²) in [6, 6.07) is 0. The van der Waals surface area contributed by atoms with Gasteiger partial charge in [0.2, 0.25) is 6.08 Å². The fraction of sp³-hybridized carbons (Fsp3) is 0.625. The summed E-state index contributed by atoms with van der Waals surface area (Å²) in [4.78, 5) is 13.1. The number of isocyanates is 1. The molecule has 1 saturated heterocycles. The van der Waals surface area contributed by atoms with E-state index in [4.69, 9.17) is 0 Å². The van der Waals surface area contributed by atoms with Crippen LogP contribution in [0.1, 0.15) is 19.3 Å². The zero-order valence-corrected chi connectivity index (χ0v) is 7.14. The van der Waals surface area contributed by atoms with Crippen molar-refractivity contribution in [1.82, 2.24) is 0 Å². The first kappa shape index (κ1) is 8.57. The largest absolute Gasteiger partial charge is 0.239 e. The molecule has 0 aromatic rings. The SMILES string of the molecule is O=C=N/C=C\C1CCCCS1. The minimum Gasteiger partial charge on any atom is -0.211 e. The van der Waals surface area contributed by atoms with Crippen molar-refractivity contribution in [1.29, 1.82) is 0 Å². The first-order valence-corrected chi connectivity index (χ1v) is 4.83. The second-order valence-electron chi connectivity index (χ2n) is 2.47. The van der Waals surface area contributed by atoms with E-state index in [1.54, 1.807) is 6.20 Å². The van der Waals surface area contributed by atoms with E-state index >= 15 is 0 Å². The lowest BCUT2D eigenvalue weighted by molar-refractivity contribution is 0.565. The monoisotopic (exact) mass is 169 g/mol. The Morgan fingerprint density at radius 3 is 3.09 bits per heavy atom. The Labute approximate surface area is 70.8 Å². The van der Waals surface area contributed by atoms with Crippen LogP contribution >= 0.6 is 11.8 Å². The molecule has 0 amide bonds. The molecule has 1 aliphatic heterocycles. The van der Waals surface area contributed by atoms with E-state index in [1.165, 1.54) is 31.1 Å². The van der Waals surface area contributed by atoms with Gasteiger partial charge in [0, 0.05) is 11.4 Å². The molecule has 0 radical (unpaired) electrons. The molecular weight excluding hydrogens is 158 g/mol. The van der Waals surface area contributed by atoms with Crippen molar-refractivity contribution in [3.05, 3.63) is 12.3 Å². The molecule has 1 aliphatic rings. The molecule has 0 saturated carbocycles. The van der Waals surface area contributed by atoms with Gasteiger partial charge in [-0.1, -0.05) is 12.5 Å². The first-order valence-electron chi connectivity index (χ1n) is 3.79. The van der Waals surface area contributed by atoms with Crippen molar-refractivity contribution in [3.8, 4) is 0 Å². The van der Waals surface area contributed by atoms with Crippen molar-refractivity contribution in [2.75, 3.05) is 5.75 Å². The van der Waals surface area contributed by atoms with Crippen LogP contribution in [0, 0.1) is 0 Å². The lowest BCUT2D eigenvalue weighted by atomic mass is 10.2. The number of thioether (sulfide) groups is 1. The summed E-state index contributed by atoms with van der Waals surface area (Å²) in [7, 11) is 0. The highest BCUT2D eigenvalue weighted by atomic mass is 32.2. The van der Waals surface area contributed by atoms with Crippen LogP contribution < -0.4 is 0 Å². The van der Waals surface area contributed by atoms with Crippen LogP contribution in [0.4, 0.5) is 0 Å². The minimum atomic E-state index is 0.570. The van der Waals surface area contributed by atoms with E-state index < -0.39 is 0 Å². The quantitative estimate of drug-likeness (QED) is 0.468. The van der Waals surface area contributed by atoms with Crippen LogP contribution in [-0.4, -0.2) is 17.1 Å². The summed E-state index contributed by atoms with van der Waals surface area (Å²) in [5.41, 5.74) is 0. The molecule has 0 bridgehead atoms. The van der Waals surface area contributed by atoms with Crippen molar-refractivity contribution >= 4 is 17.8 Å². The van der Waals surface area contributed by atoms with Gasteiger partial charge in [-0.25, -0.2) is 4.79 Å². The molecule has 0 spiro atoms. The van der Waals surface area contributed by atoms with Gasteiger partial charge in [-0.2, -0.15) is 16.8 Å². The first-order chi connectivity index (χ1) is 5.43. The van der Waals surface area contributed by atoms with Crippen LogP contribution in [0.5, 0.6) is 0 Å². The van der Waals surface area contributed by atoms with E-state index in [0.717, 1.165) is 0 Å². The molecular formula is C8H11NOS. The van der Waals surface area contributed by atoms with Crippen molar-refractivity contribution in [2.24, 2.45) is 4.99 Å². The summed E-state index contributed by atoms with van der Waals surface area (Å²) in [6.45, 7) is 0. The number of aliphatic imine (C=N–C) groups is 1. The molecule has 11 heavy (non-hydrogen) atoms. The van der Waals surface area contributed by atoms with Crippen LogP contribution in [0.2, 0.25) is 0 Å². The molecule has 0 aliphatic carbocycles. The summed E-state index contributed by atoms with van der Waals surface area (Å²) in [5.74, 6) is 1.24. The summed E-state index contributed by atoms with van der Waals surface area (Å²) in [5, 5.41) is 0.570. The average Bonchev–Trinajstić information content (AvgIpc) is 2.07. The van der Waals surface area contributed by atoms with Crippen molar-refractivity contribution < 1.29 is 4.79 Å². The highest BCUT2D eigenvalue weighted by molar-refractivity contribution is 8.00. The zero-order valence-electron chi connectivity index (χ0n) is 6.32. The van der Waals surface area contributed by atoms with Gasteiger partial charge in [0.25, 0.3) is 0 Å². The molecule has 0 aromatic heterocycles. The van der Waals surface area contributed by atoms with E-state index in [-0.39, 0.29) is 0 Å².